The number of nitrogens with one attached hydrogen (secondary N) is 4. The van der Waals surface area contributed by atoms with E-state index in [1.807, 2.05) is 91.9 Å². The van der Waals surface area contributed by atoms with E-state index in [9.17, 15) is 9.59 Å². The summed E-state index contributed by atoms with van der Waals surface area (Å²) >= 11 is 0. The predicted molar refractivity (Wildman–Crippen MR) is 186 cm³/mol. The van der Waals surface area contributed by atoms with Crippen LogP contribution in [0.5, 0.6) is 5.75 Å². The van der Waals surface area contributed by atoms with Crippen molar-refractivity contribution in [1.82, 2.24) is 15.1 Å². The average Bonchev–Trinajstić information content (AvgIpc) is 3.45. The minimum absolute atomic E-state index is 0.0948. The number of hydrogen-bond acceptors (Lipinski definition) is 5. The summed E-state index contributed by atoms with van der Waals surface area (Å²) in [6.07, 6.45) is 0.801. The quantitative estimate of drug-likeness (QED) is 0.129. The van der Waals surface area contributed by atoms with Gasteiger partial charge >= 0.3 is 6.03 Å². The van der Waals surface area contributed by atoms with Gasteiger partial charge in [-0.1, -0.05) is 81.8 Å². The summed E-state index contributed by atoms with van der Waals surface area (Å²) in [6, 6.07) is 27.1. The number of carbonyl (C=O) groups is 2. The maximum Gasteiger partial charge on any atom is 0.324 e. The van der Waals surface area contributed by atoms with Crippen molar-refractivity contribution in [3.05, 3.63) is 107 Å². The first-order valence-electron chi connectivity index (χ1n) is 15.5. The van der Waals surface area contributed by atoms with Crippen molar-refractivity contribution in [2.24, 2.45) is 0 Å². The molecule has 4 N–H and O–H groups in total. The van der Waals surface area contributed by atoms with Crippen LogP contribution in [-0.4, -0.2) is 35.3 Å². The molecular formula is C37H42N6O3. The molecule has 0 bridgehead atoms. The van der Waals surface area contributed by atoms with Crippen molar-refractivity contribution in [3.63, 3.8) is 0 Å². The second-order valence-corrected chi connectivity index (χ2v) is 12.4. The Hall–Kier alpha value is -5.15. The molecule has 9 nitrogen and oxygen atoms in total. The normalized spacial score (nSPS) is 11.3. The first kappa shape index (κ1) is 32.2. The van der Waals surface area contributed by atoms with Crippen molar-refractivity contribution in [2.75, 3.05) is 29.5 Å². The third-order valence-corrected chi connectivity index (χ3v) is 7.69. The molecule has 3 amide bonds. The Labute approximate surface area is 270 Å². The van der Waals surface area contributed by atoms with Crippen LogP contribution >= 0.6 is 0 Å². The summed E-state index contributed by atoms with van der Waals surface area (Å²) in [7, 11) is 1.74. The number of aryl methyl sites for hydroxylation is 2. The van der Waals surface area contributed by atoms with Gasteiger partial charge in [-0.2, -0.15) is 5.10 Å². The molecule has 0 radical (unpaired) electrons. The number of aromatic nitrogens is 2. The van der Waals surface area contributed by atoms with E-state index in [1.54, 1.807) is 11.7 Å². The Bertz CT molecular complexity index is 1850. The molecule has 0 fully saturated rings. The molecule has 1 heterocycles. The lowest BCUT2D eigenvalue weighted by molar-refractivity contribution is -0.115. The number of hydrogen-bond donors (Lipinski definition) is 4. The molecule has 0 saturated carbocycles. The fourth-order valence-electron chi connectivity index (χ4n) is 5.15. The summed E-state index contributed by atoms with van der Waals surface area (Å²) in [5.41, 5.74) is 6.11. The molecule has 4 aromatic carbocycles. The number of carbonyl (C=O) groups excluding carboxylic acids is 2. The molecule has 0 unspecified atom stereocenters. The van der Waals surface area contributed by atoms with Crippen molar-refractivity contribution < 1.29 is 14.3 Å². The summed E-state index contributed by atoms with van der Waals surface area (Å²) in [6.45, 7) is 10.9. The Kier molecular flexibility index (Phi) is 9.72. The highest BCUT2D eigenvalue weighted by Gasteiger charge is 2.22. The van der Waals surface area contributed by atoms with Crippen LogP contribution in [0.4, 0.5) is 22.0 Å². The lowest BCUT2D eigenvalue weighted by atomic mass is 9.92. The monoisotopic (exact) mass is 618 g/mol. The number of fused-ring (bicyclic) bond motifs is 1. The molecule has 5 aromatic rings. The molecule has 0 aliphatic carbocycles. The van der Waals surface area contributed by atoms with E-state index >= 15 is 0 Å². The van der Waals surface area contributed by atoms with Crippen LogP contribution in [0, 0.1) is 6.92 Å². The minimum atomic E-state index is -0.378. The van der Waals surface area contributed by atoms with Crippen LogP contribution in [-0.2, 0) is 23.2 Å². The highest BCUT2D eigenvalue weighted by molar-refractivity contribution is 6.07. The van der Waals surface area contributed by atoms with Crippen molar-refractivity contribution >= 4 is 39.9 Å². The first-order valence-corrected chi connectivity index (χ1v) is 15.5. The van der Waals surface area contributed by atoms with Crippen molar-refractivity contribution in [2.45, 2.75) is 53.1 Å². The summed E-state index contributed by atoms with van der Waals surface area (Å²) in [4.78, 5) is 25.6. The van der Waals surface area contributed by atoms with E-state index in [2.05, 4.69) is 49.0 Å². The van der Waals surface area contributed by atoms with Gasteiger partial charge in [-0.3, -0.25) is 10.1 Å². The van der Waals surface area contributed by atoms with E-state index < -0.39 is 0 Å². The second kappa shape index (κ2) is 13.9. The second-order valence-electron chi connectivity index (χ2n) is 12.4. The highest BCUT2D eigenvalue weighted by Crippen LogP contribution is 2.33. The molecule has 0 aliphatic rings. The third-order valence-electron chi connectivity index (χ3n) is 7.69. The van der Waals surface area contributed by atoms with E-state index in [4.69, 9.17) is 9.84 Å². The van der Waals surface area contributed by atoms with Crippen LogP contribution in [0.2, 0.25) is 0 Å². The Morgan fingerprint density at radius 3 is 2.28 bits per heavy atom. The number of rotatable bonds is 10. The Morgan fingerprint density at radius 1 is 0.848 bits per heavy atom. The van der Waals surface area contributed by atoms with Crippen molar-refractivity contribution in [1.29, 1.82) is 0 Å². The minimum Gasteiger partial charge on any atom is -0.488 e. The standard InChI is InChI=1S/C37H42N6O3/c1-7-26-15-14-25(20-31(26)39-35(44)22-38-6)23-46-32-19-18-30(28-10-8-9-11-29(28)32)40-36(45)41-34-21-33(37(3,4)5)42-43(34)27-16-12-24(2)13-17-27/h8-21,38H,7,22-23H2,1-6H3,(H,39,44)(H2,40,41,45). The smallest absolute Gasteiger partial charge is 0.324 e. The number of benzene rings is 4. The molecular weight excluding hydrogens is 576 g/mol. The van der Waals surface area contributed by atoms with Gasteiger partial charge in [0, 0.05) is 27.9 Å². The Morgan fingerprint density at radius 2 is 1.59 bits per heavy atom. The van der Waals surface area contributed by atoms with Gasteiger partial charge in [0.05, 0.1) is 23.6 Å². The van der Waals surface area contributed by atoms with E-state index in [0.717, 1.165) is 51.0 Å². The van der Waals surface area contributed by atoms with Gasteiger partial charge in [0.25, 0.3) is 0 Å². The van der Waals surface area contributed by atoms with Crippen LogP contribution in [0.3, 0.4) is 0 Å². The topological polar surface area (TPSA) is 109 Å². The van der Waals surface area contributed by atoms with Crippen molar-refractivity contribution in [3.8, 4) is 11.4 Å². The predicted octanol–water partition coefficient (Wildman–Crippen LogP) is 7.57. The van der Waals surface area contributed by atoms with E-state index in [0.29, 0.717) is 23.9 Å². The molecule has 0 spiro atoms. The fourth-order valence-corrected chi connectivity index (χ4v) is 5.15. The highest BCUT2D eigenvalue weighted by atomic mass is 16.5. The molecule has 0 atom stereocenters. The van der Waals surface area contributed by atoms with Gasteiger partial charge in [-0.25, -0.2) is 9.48 Å². The zero-order valence-electron chi connectivity index (χ0n) is 27.3. The van der Waals surface area contributed by atoms with Crippen LogP contribution in [0.25, 0.3) is 16.5 Å². The van der Waals surface area contributed by atoms with Gasteiger partial charge in [-0.05, 0) is 61.9 Å². The maximum absolute atomic E-state index is 13.4. The zero-order chi connectivity index (χ0) is 32.8. The number of ether oxygens (including phenoxy) is 1. The molecule has 1 aromatic heterocycles. The van der Waals surface area contributed by atoms with Crippen LogP contribution < -0.4 is 26.0 Å². The molecule has 238 valence electrons. The Balaban J connectivity index is 1.35. The largest absolute Gasteiger partial charge is 0.488 e. The maximum atomic E-state index is 13.4. The number of nitrogens with zero attached hydrogens (tertiary/aromatic N) is 2. The van der Waals surface area contributed by atoms with Gasteiger partial charge < -0.3 is 20.7 Å². The number of urea groups is 1. The van der Waals surface area contributed by atoms with Gasteiger partial charge in [-0.15, -0.1) is 0 Å². The molecule has 9 heteroatoms. The van der Waals surface area contributed by atoms with Crippen LogP contribution in [0.1, 0.15) is 50.1 Å². The summed E-state index contributed by atoms with van der Waals surface area (Å²) in [5.74, 6) is 1.17. The number of anilines is 3. The number of amides is 3. The number of likely N-dealkylation sites (N-methyl/N-ethyl adjacent to an activating group) is 1. The molecule has 46 heavy (non-hydrogen) atoms. The first-order chi connectivity index (χ1) is 22.0. The molecule has 0 saturated heterocycles. The average molecular weight is 619 g/mol. The van der Waals surface area contributed by atoms with E-state index in [-0.39, 0.29) is 23.9 Å². The fraction of sp³-hybridized carbons (Fsp3) is 0.270. The van der Waals surface area contributed by atoms with Crippen LogP contribution in [0.15, 0.2) is 84.9 Å². The van der Waals surface area contributed by atoms with E-state index in [1.165, 1.54) is 0 Å². The lowest BCUT2D eigenvalue weighted by Gasteiger charge is -2.15. The van der Waals surface area contributed by atoms with Gasteiger partial charge in [0.2, 0.25) is 5.91 Å². The lowest BCUT2D eigenvalue weighted by Crippen LogP contribution is -2.25. The molecule has 5 rings (SSSR count). The van der Waals surface area contributed by atoms with Gasteiger partial charge in [0.1, 0.15) is 18.2 Å². The summed E-state index contributed by atoms with van der Waals surface area (Å²) < 4.78 is 8.05. The van der Waals surface area contributed by atoms with Gasteiger partial charge in [0.15, 0.2) is 0 Å². The summed E-state index contributed by atoms with van der Waals surface area (Å²) in [5, 5.41) is 18.4. The molecule has 0 aliphatic heterocycles. The third kappa shape index (κ3) is 7.55. The SMILES string of the molecule is CCc1ccc(COc2ccc(NC(=O)Nc3cc(C(C)(C)C)nn3-c3ccc(C)cc3)c3ccccc23)cc1NC(=O)CNC. The zero-order valence-corrected chi connectivity index (χ0v) is 27.3.